The summed E-state index contributed by atoms with van der Waals surface area (Å²) in [6.45, 7) is 5.41. The van der Waals surface area contributed by atoms with Crippen molar-refractivity contribution >= 4 is 41.5 Å². The Hall–Kier alpha value is -0.970. The minimum absolute atomic E-state index is 0. The summed E-state index contributed by atoms with van der Waals surface area (Å²) in [5.41, 5.74) is 1.02. The van der Waals surface area contributed by atoms with Crippen LogP contribution in [0.15, 0.2) is 17.1 Å². The lowest BCUT2D eigenvalue weighted by molar-refractivity contribution is 0.180. The lowest BCUT2D eigenvalue weighted by atomic mass is 10.2. The third-order valence-electron chi connectivity index (χ3n) is 4.22. The second-order valence-electron chi connectivity index (χ2n) is 6.46. The van der Waals surface area contributed by atoms with E-state index in [0.29, 0.717) is 36.3 Å². The van der Waals surface area contributed by atoms with Gasteiger partial charge in [-0.1, -0.05) is 11.6 Å². The summed E-state index contributed by atoms with van der Waals surface area (Å²) in [6, 6.07) is 3.87. The SMILES string of the molecule is CN=C(NCCN(C)CCCOC)NCc1cc(Cl)c2c(c1)OCCCO2.I. The number of likely N-dealkylation sites (N-methyl/N-ethyl adjacent to an activating group) is 1. The lowest BCUT2D eigenvalue weighted by Gasteiger charge is -2.18. The van der Waals surface area contributed by atoms with Gasteiger partial charge in [0.15, 0.2) is 17.5 Å². The molecule has 0 fully saturated rings. The Balaban J connectivity index is 0.00000392. The van der Waals surface area contributed by atoms with Crippen molar-refractivity contribution in [1.29, 1.82) is 0 Å². The first-order valence-electron chi connectivity index (χ1n) is 9.34. The summed E-state index contributed by atoms with van der Waals surface area (Å²) in [6.07, 6.45) is 1.89. The van der Waals surface area contributed by atoms with Crippen molar-refractivity contribution in [2.24, 2.45) is 4.99 Å². The minimum atomic E-state index is 0. The van der Waals surface area contributed by atoms with Gasteiger partial charge in [0.05, 0.1) is 18.2 Å². The van der Waals surface area contributed by atoms with E-state index in [0.717, 1.165) is 50.6 Å². The van der Waals surface area contributed by atoms with E-state index in [4.69, 9.17) is 25.8 Å². The average molecular weight is 527 g/mol. The van der Waals surface area contributed by atoms with Crippen molar-refractivity contribution in [2.75, 3.05) is 60.7 Å². The van der Waals surface area contributed by atoms with Crippen LogP contribution in [-0.2, 0) is 11.3 Å². The molecule has 0 atom stereocenters. The zero-order valence-electron chi connectivity index (χ0n) is 16.9. The van der Waals surface area contributed by atoms with Crippen LogP contribution in [0.4, 0.5) is 0 Å². The molecule has 0 aromatic heterocycles. The van der Waals surface area contributed by atoms with Gasteiger partial charge in [0.1, 0.15) is 0 Å². The highest BCUT2D eigenvalue weighted by molar-refractivity contribution is 14.0. The van der Waals surface area contributed by atoms with E-state index in [9.17, 15) is 0 Å². The number of guanidine groups is 1. The molecule has 1 aliphatic heterocycles. The van der Waals surface area contributed by atoms with Gasteiger partial charge in [-0.15, -0.1) is 24.0 Å². The Morgan fingerprint density at radius 1 is 1.25 bits per heavy atom. The molecule has 0 saturated carbocycles. The molecule has 7 nitrogen and oxygen atoms in total. The number of methoxy groups -OCH3 is 1. The van der Waals surface area contributed by atoms with Crippen molar-refractivity contribution in [3.8, 4) is 11.5 Å². The number of nitrogens with zero attached hydrogens (tertiary/aromatic N) is 2. The number of rotatable bonds is 9. The van der Waals surface area contributed by atoms with E-state index in [1.165, 1.54) is 0 Å². The van der Waals surface area contributed by atoms with Crippen molar-refractivity contribution < 1.29 is 14.2 Å². The number of hydrogen-bond donors (Lipinski definition) is 2. The molecule has 0 bridgehead atoms. The molecule has 0 saturated heterocycles. The van der Waals surface area contributed by atoms with Crippen LogP contribution >= 0.6 is 35.6 Å². The van der Waals surface area contributed by atoms with Crippen molar-refractivity contribution in [3.63, 3.8) is 0 Å². The highest BCUT2D eigenvalue weighted by atomic mass is 127. The number of ether oxygens (including phenoxy) is 3. The van der Waals surface area contributed by atoms with Crippen LogP contribution in [0.3, 0.4) is 0 Å². The number of fused-ring (bicyclic) bond motifs is 1. The second kappa shape index (κ2) is 14.1. The molecular formula is C19H32ClIN4O3. The first-order chi connectivity index (χ1) is 13.1. The molecule has 1 heterocycles. The van der Waals surface area contributed by atoms with Crippen LogP contribution in [0.1, 0.15) is 18.4 Å². The van der Waals surface area contributed by atoms with Gasteiger partial charge >= 0.3 is 0 Å². The molecule has 0 radical (unpaired) electrons. The third kappa shape index (κ3) is 8.59. The zero-order chi connectivity index (χ0) is 19.5. The molecule has 9 heteroatoms. The fraction of sp³-hybridized carbons (Fsp3) is 0.632. The zero-order valence-corrected chi connectivity index (χ0v) is 20.0. The number of nitrogens with one attached hydrogen (secondary N) is 2. The number of halogens is 2. The van der Waals surface area contributed by atoms with Gasteiger partial charge in [-0.25, -0.2) is 0 Å². The van der Waals surface area contributed by atoms with Gasteiger partial charge in [0, 0.05) is 53.4 Å². The van der Waals surface area contributed by atoms with Crippen LogP contribution in [-0.4, -0.2) is 71.5 Å². The first kappa shape index (κ1) is 25.1. The van der Waals surface area contributed by atoms with Crippen LogP contribution in [0.2, 0.25) is 5.02 Å². The Bertz CT molecular complexity index is 619. The second-order valence-corrected chi connectivity index (χ2v) is 6.86. The van der Waals surface area contributed by atoms with Gasteiger partial charge in [-0.05, 0) is 31.2 Å². The summed E-state index contributed by atoms with van der Waals surface area (Å²) in [5.74, 6) is 2.10. The molecule has 0 amide bonds. The molecule has 160 valence electrons. The average Bonchev–Trinajstić information content (AvgIpc) is 2.90. The third-order valence-corrected chi connectivity index (χ3v) is 4.50. The Labute approximate surface area is 190 Å². The predicted octanol–water partition coefficient (Wildman–Crippen LogP) is 2.75. The summed E-state index contributed by atoms with van der Waals surface area (Å²) in [5, 5.41) is 7.21. The van der Waals surface area contributed by atoms with E-state index < -0.39 is 0 Å². The molecule has 28 heavy (non-hydrogen) atoms. The molecule has 0 spiro atoms. The molecular weight excluding hydrogens is 495 g/mol. The van der Waals surface area contributed by atoms with Crippen molar-refractivity contribution in [2.45, 2.75) is 19.4 Å². The molecule has 2 rings (SSSR count). The number of aliphatic imine (C=N–C) groups is 1. The smallest absolute Gasteiger partial charge is 0.191 e. The maximum atomic E-state index is 6.35. The Kier molecular flexibility index (Phi) is 12.6. The molecule has 0 aliphatic carbocycles. The van der Waals surface area contributed by atoms with E-state index >= 15 is 0 Å². The summed E-state index contributed by atoms with van der Waals surface area (Å²) >= 11 is 6.35. The highest BCUT2D eigenvalue weighted by Crippen LogP contribution is 2.37. The van der Waals surface area contributed by atoms with Gasteiger partial charge in [0.2, 0.25) is 0 Å². The van der Waals surface area contributed by atoms with Gasteiger partial charge in [-0.3, -0.25) is 4.99 Å². The molecule has 1 aromatic carbocycles. The maximum Gasteiger partial charge on any atom is 0.191 e. The van der Waals surface area contributed by atoms with Gasteiger partial charge in [-0.2, -0.15) is 0 Å². The van der Waals surface area contributed by atoms with Crippen molar-refractivity contribution in [1.82, 2.24) is 15.5 Å². The largest absolute Gasteiger partial charge is 0.489 e. The quantitative estimate of drug-likeness (QED) is 0.223. The topological polar surface area (TPSA) is 67.4 Å². The Morgan fingerprint density at radius 3 is 2.79 bits per heavy atom. The minimum Gasteiger partial charge on any atom is -0.489 e. The summed E-state index contributed by atoms with van der Waals surface area (Å²) in [7, 11) is 5.60. The van der Waals surface area contributed by atoms with Gasteiger partial charge < -0.3 is 29.7 Å². The first-order valence-corrected chi connectivity index (χ1v) is 9.72. The highest BCUT2D eigenvalue weighted by Gasteiger charge is 2.15. The summed E-state index contributed by atoms with van der Waals surface area (Å²) < 4.78 is 16.5. The fourth-order valence-corrected chi connectivity index (χ4v) is 3.04. The molecule has 0 unspecified atom stereocenters. The van der Waals surface area contributed by atoms with E-state index in [-0.39, 0.29) is 24.0 Å². The van der Waals surface area contributed by atoms with Crippen LogP contribution in [0, 0.1) is 0 Å². The summed E-state index contributed by atoms with van der Waals surface area (Å²) in [4.78, 5) is 6.53. The van der Waals surface area contributed by atoms with E-state index in [1.807, 2.05) is 12.1 Å². The standard InChI is InChI=1S/C19H31ClN4O3.HI/c1-21-19(22-6-8-24(2)7-4-9-25-3)23-14-15-12-16(20)18-17(13-15)26-10-5-11-27-18;/h12-13H,4-11,14H2,1-3H3,(H2,21,22,23);1H. The van der Waals surface area contributed by atoms with E-state index in [2.05, 4.69) is 27.6 Å². The fourth-order valence-electron chi connectivity index (χ4n) is 2.75. The van der Waals surface area contributed by atoms with Crippen molar-refractivity contribution in [3.05, 3.63) is 22.7 Å². The van der Waals surface area contributed by atoms with Crippen LogP contribution < -0.4 is 20.1 Å². The Morgan fingerprint density at radius 2 is 2.04 bits per heavy atom. The monoisotopic (exact) mass is 526 g/mol. The normalized spacial score (nSPS) is 13.7. The number of hydrogen-bond acceptors (Lipinski definition) is 5. The number of benzene rings is 1. The maximum absolute atomic E-state index is 6.35. The van der Waals surface area contributed by atoms with E-state index in [1.54, 1.807) is 14.2 Å². The van der Waals surface area contributed by atoms with Gasteiger partial charge in [0.25, 0.3) is 0 Å². The van der Waals surface area contributed by atoms with Crippen LogP contribution in [0.5, 0.6) is 11.5 Å². The molecule has 1 aliphatic rings. The lowest BCUT2D eigenvalue weighted by Crippen LogP contribution is -2.40. The molecule has 2 N–H and O–H groups in total. The molecule has 1 aromatic rings. The predicted molar refractivity (Wildman–Crippen MR) is 125 cm³/mol. The van der Waals surface area contributed by atoms with Crippen LogP contribution in [0.25, 0.3) is 0 Å².